The minimum absolute atomic E-state index is 0.0961. The van der Waals surface area contributed by atoms with Crippen molar-refractivity contribution in [2.24, 2.45) is 0 Å². The molecule has 3 rings (SSSR count). The third-order valence-corrected chi connectivity index (χ3v) is 6.74. The van der Waals surface area contributed by atoms with Crippen molar-refractivity contribution in [3.05, 3.63) is 82.7 Å². The number of furan rings is 1. The topological polar surface area (TPSA) is 79.6 Å². The first-order valence-electron chi connectivity index (χ1n) is 9.54. The van der Waals surface area contributed by atoms with E-state index in [9.17, 15) is 13.2 Å². The lowest BCUT2D eigenvalue weighted by Gasteiger charge is -2.23. The molecule has 0 fully saturated rings. The second-order valence-electron chi connectivity index (χ2n) is 6.65. The van der Waals surface area contributed by atoms with Gasteiger partial charge in [-0.05, 0) is 55.5 Å². The molecule has 2 aromatic carbocycles. The predicted molar refractivity (Wildman–Crippen MR) is 120 cm³/mol. The molecule has 0 aliphatic carbocycles. The van der Waals surface area contributed by atoms with Crippen LogP contribution in [0.3, 0.4) is 0 Å². The monoisotopic (exact) mass is 490 g/mol. The third-order valence-electron chi connectivity index (χ3n) is 4.56. The Balaban J connectivity index is 1.56. The molecule has 0 saturated heterocycles. The highest BCUT2D eigenvalue weighted by Crippen LogP contribution is 2.20. The molecule has 30 heavy (non-hydrogen) atoms. The quantitative estimate of drug-likeness (QED) is 0.484. The molecule has 1 amide bonds. The van der Waals surface area contributed by atoms with E-state index in [-0.39, 0.29) is 28.1 Å². The van der Waals surface area contributed by atoms with E-state index in [4.69, 9.17) is 4.42 Å². The van der Waals surface area contributed by atoms with Crippen molar-refractivity contribution < 1.29 is 17.6 Å². The van der Waals surface area contributed by atoms with Gasteiger partial charge in [0.2, 0.25) is 0 Å². The van der Waals surface area contributed by atoms with Gasteiger partial charge in [0.25, 0.3) is 5.91 Å². The number of benzene rings is 2. The molecular weight excluding hydrogens is 468 g/mol. The second-order valence-corrected chi connectivity index (χ2v) is 9.56. The van der Waals surface area contributed by atoms with E-state index in [2.05, 4.69) is 33.1 Å². The largest absolute Gasteiger partial charge is 0.455 e. The first-order chi connectivity index (χ1) is 14.4. The Bertz CT molecular complexity index is 1080. The number of para-hydroxylation sites is 1. The maximum Gasteiger partial charge on any atom is 0.287 e. The molecule has 0 atom stereocenters. The van der Waals surface area contributed by atoms with Gasteiger partial charge in [-0.25, -0.2) is 8.42 Å². The average molecular weight is 491 g/mol. The molecule has 1 aromatic heterocycles. The number of anilines is 1. The van der Waals surface area contributed by atoms with Crippen LogP contribution in [0.2, 0.25) is 0 Å². The van der Waals surface area contributed by atoms with Gasteiger partial charge in [-0.1, -0.05) is 34.1 Å². The van der Waals surface area contributed by atoms with Crippen molar-refractivity contribution in [1.82, 2.24) is 5.32 Å². The van der Waals surface area contributed by atoms with E-state index in [0.29, 0.717) is 13.1 Å². The summed E-state index contributed by atoms with van der Waals surface area (Å²) in [7, 11) is -3.56. The molecule has 8 heteroatoms. The molecular formula is C22H23BrN2O4S. The van der Waals surface area contributed by atoms with Gasteiger partial charge < -0.3 is 14.6 Å². The number of hydrogen-bond acceptors (Lipinski definition) is 5. The van der Waals surface area contributed by atoms with Crippen LogP contribution >= 0.6 is 15.9 Å². The van der Waals surface area contributed by atoms with Crippen LogP contribution in [0.5, 0.6) is 0 Å². The van der Waals surface area contributed by atoms with Crippen molar-refractivity contribution in [2.75, 3.05) is 24.5 Å². The molecule has 0 bridgehead atoms. The van der Waals surface area contributed by atoms with Crippen molar-refractivity contribution in [3.8, 4) is 0 Å². The number of rotatable bonds is 9. The number of sulfone groups is 1. The number of amides is 1. The summed E-state index contributed by atoms with van der Waals surface area (Å²) in [6.45, 7) is 3.96. The van der Waals surface area contributed by atoms with Gasteiger partial charge in [-0.2, -0.15) is 0 Å². The number of nitrogens with one attached hydrogen (secondary N) is 1. The minimum Gasteiger partial charge on any atom is -0.455 e. The van der Waals surface area contributed by atoms with Gasteiger partial charge in [0.1, 0.15) is 11.5 Å². The van der Waals surface area contributed by atoms with E-state index in [0.717, 1.165) is 16.7 Å². The molecule has 0 radical (unpaired) electrons. The maximum atomic E-state index is 12.5. The molecule has 0 spiro atoms. The molecule has 158 valence electrons. The molecule has 0 aliphatic rings. The van der Waals surface area contributed by atoms with Crippen LogP contribution in [0.25, 0.3) is 0 Å². The number of likely N-dealkylation sites (N-methyl/N-ethyl adjacent to an activating group) is 1. The second kappa shape index (κ2) is 9.95. The Morgan fingerprint density at radius 1 is 1.03 bits per heavy atom. The molecule has 1 N–H and O–H groups in total. The summed E-state index contributed by atoms with van der Waals surface area (Å²) in [4.78, 5) is 14.7. The third kappa shape index (κ3) is 5.73. The Labute approximate surface area is 184 Å². The summed E-state index contributed by atoms with van der Waals surface area (Å²) in [5.74, 6) is -0.354. The van der Waals surface area contributed by atoms with Crippen LogP contribution in [0, 0.1) is 0 Å². The average Bonchev–Trinajstić information content (AvgIpc) is 3.20. The number of carbonyl (C=O) groups excluding carboxylic acids is 1. The van der Waals surface area contributed by atoms with E-state index in [1.807, 2.05) is 30.3 Å². The summed E-state index contributed by atoms with van der Waals surface area (Å²) >= 11 is 3.28. The van der Waals surface area contributed by atoms with E-state index < -0.39 is 9.84 Å². The van der Waals surface area contributed by atoms with Gasteiger partial charge in [-0.15, -0.1) is 0 Å². The van der Waals surface area contributed by atoms with Crippen LogP contribution in [-0.2, 0) is 15.6 Å². The highest BCUT2D eigenvalue weighted by Gasteiger charge is 2.19. The fourth-order valence-electron chi connectivity index (χ4n) is 2.99. The molecule has 6 nitrogen and oxygen atoms in total. The Morgan fingerprint density at radius 3 is 2.40 bits per heavy atom. The highest BCUT2D eigenvalue weighted by molar-refractivity contribution is 9.10. The lowest BCUT2D eigenvalue weighted by atomic mass is 10.3. The highest BCUT2D eigenvalue weighted by atomic mass is 79.9. The van der Waals surface area contributed by atoms with Gasteiger partial charge in [0, 0.05) is 29.8 Å². The first-order valence-corrected chi connectivity index (χ1v) is 12.0. The first kappa shape index (κ1) is 22.1. The Kier molecular flexibility index (Phi) is 7.33. The van der Waals surface area contributed by atoms with Crippen LogP contribution in [0.4, 0.5) is 5.69 Å². The number of carbonyl (C=O) groups is 1. The number of hydrogen-bond donors (Lipinski definition) is 1. The smallest absolute Gasteiger partial charge is 0.287 e. The van der Waals surface area contributed by atoms with Crippen molar-refractivity contribution in [2.45, 2.75) is 17.6 Å². The molecule has 1 heterocycles. The SMILES string of the molecule is CCN(CCNC(=O)c1ccc(CS(=O)(=O)c2ccc(Br)cc2)o1)c1ccccc1. The molecule has 3 aromatic rings. The predicted octanol–water partition coefficient (Wildman–Crippen LogP) is 4.27. The molecule has 0 saturated carbocycles. The van der Waals surface area contributed by atoms with Crippen LogP contribution in [0.1, 0.15) is 23.2 Å². The van der Waals surface area contributed by atoms with Gasteiger partial charge in [0.15, 0.2) is 15.6 Å². The van der Waals surface area contributed by atoms with Crippen LogP contribution < -0.4 is 10.2 Å². The van der Waals surface area contributed by atoms with Crippen molar-refractivity contribution >= 4 is 37.4 Å². The molecule has 0 unspecified atom stereocenters. The van der Waals surface area contributed by atoms with E-state index in [1.54, 1.807) is 12.1 Å². The summed E-state index contributed by atoms with van der Waals surface area (Å²) in [6.07, 6.45) is 0. The summed E-state index contributed by atoms with van der Waals surface area (Å²) < 4.78 is 31.3. The zero-order chi connectivity index (χ0) is 21.6. The zero-order valence-electron chi connectivity index (χ0n) is 16.5. The lowest BCUT2D eigenvalue weighted by molar-refractivity contribution is 0.0925. The normalized spacial score (nSPS) is 11.3. The van der Waals surface area contributed by atoms with Crippen molar-refractivity contribution in [1.29, 1.82) is 0 Å². The maximum absolute atomic E-state index is 12.5. The lowest BCUT2D eigenvalue weighted by Crippen LogP contribution is -2.34. The fourth-order valence-corrected chi connectivity index (χ4v) is 4.50. The summed E-state index contributed by atoms with van der Waals surface area (Å²) in [5.41, 5.74) is 1.09. The molecule has 0 aliphatic heterocycles. The van der Waals surface area contributed by atoms with Crippen LogP contribution in [0.15, 0.2) is 80.5 Å². The van der Waals surface area contributed by atoms with Gasteiger partial charge in [-0.3, -0.25) is 4.79 Å². The number of nitrogens with zero attached hydrogens (tertiary/aromatic N) is 1. The Hall–Kier alpha value is -2.58. The summed E-state index contributed by atoms with van der Waals surface area (Å²) in [5, 5.41) is 2.82. The van der Waals surface area contributed by atoms with Crippen LogP contribution in [-0.4, -0.2) is 34.0 Å². The van der Waals surface area contributed by atoms with E-state index >= 15 is 0 Å². The van der Waals surface area contributed by atoms with Crippen molar-refractivity contribution in [3.63, 3.8) is 0 Å². The zero-order valence-corrected chi connectivity index (χ0v) is 18.9. The van der Waals surface area contributed by atoms with Gasteiger partial charge >= 0.3 is 0 Å². The summed E-state index contributed by atoms with van der Waals surface area (Å²) in [6, 6.07) is 19.4. The minimum atomic E-state index is -3.56. The van der Waals surface area contributed by atoms with E-state index in [1.165, 1.54) is 24.3 Å². The fraction of sp³-hybridized carbons (Fsp3) is 0.227. The van der Waals surface area contributed by atoms with Gasteiger partial charge in [0.05, 0.1) is 4.90 Å². The standard InChI is InChI=1S/C22H23BrN2O4S/c1-2-25(18-6-4-3-5-7-18)15-14-24-22(26)21-13-10-19(29-21)16-30(27,28)20-11-8-17(23)9-12-20/h3-13H,2,14-16H2,1H3,(H,24,26). The Morgan fingerprint density at radius 2 is 1.73 bits per heavy atom. The number of halogens is 1.